The fraction of sp³-hybridized carbons (Fsp3) is 0.158. The first-order valence-electron chi connectivity index (χ1n) is 7.75. The molecule has 3 rings (SSSR count). The van der Waals surface area contributed by atoms with Gasteiger partial charge in [0.15, 0.2) is 0 Å². The topological polar surface area (TPSA) is 76.1 Å². The van der Waals surface area contributed by atoms with Gasteiger partial charge in [-0.05, 0) is 12.5 Å². The Morgan fingerprint density at radius 2 is 1.72 bits per heavy atom. The molecule has 2 aromatic carbocycles. The maximum absolute atomic E-state index is 11.5. The van der Waals surface area contributed by atoms with Gasteiger partial charge in [0.25, 0.3) is 0 Å². The fourth-order valence-corrected chi connectivity index (χ4v) is 2.17. The smallest absolute Gasteiger partial charge is 0.368 e. The van der Waals surface area contributed by atoms with Crippen LogP contribution in [0.25, 0.3) is 10.6 Å². The van der Waals surface area contributed by atoms with Crippen molar-refractivity contribution in [2.75, 3.05) is 0 Å². The zero-order valence-corrected chi connectivity index (χ0v) is 13.7. The van der Waals surface area contributed by atoms with E-state index in [9.17, 15) is 4.79 Å². The Balaban J connectivity index is 1.82. The first-order valence-corrected chi connectivity index (χ1v) is 7.75. The number of amidine groups is 1. The molecule has 128 valence electrons. The Morgan fingerprint density at radius 3 is 2.36 bits per heavy atom. The second kappa shape index (κ2) is 7.74. The molecule has 0 aromatic heterocycles. The Bertz CT molecular complexity index is 775. The summed E-state index contributed by atoms with van der Waals surface area (Å²) in [5.41, 5.74) is 1.95. The van der Waals surface area contributed by atoms with E-state index in [1.165, 1.54) is 6.92 Å². The summed E-state index contributed by atoms with van der Waals surface area (Å²) in [7, 11) is 0. The molecule has 0 fully saturated rings. The number of hydrogen-bond donors (Lipinski definition) is 0. The SMILES string of the molecule is C=C(C)C(=O)OOC1[N-]C(c2ccccc2)=NC(c2ccccc2)[N-]1. The molecular formula is C19H17N3O3-2. The van der Waals surface area contributed by atoms with Gasteiger partial charge in [0.2, 0.25) is 0 Å². The molecular weight excluding hydrogens is 318 g/mol. The van der Waals surface area contributed by atoms with Gasteiger partial charge in [-0.2, -0.15) is 0 Å². The zero-order chi connectivity index (χ0) is 17.6. The molecule has 1 aliphatic rings. The van der Waals surface area contributed by atoms with E-state index < -0.39 is 18.5 Å². The van der Waals surface area contributed by atoms with E-state index in [2.05, 4.69) is 22.2 Å². The second-order valence-electron chi connectivity index (χ2n) is 5.45. The van der Waals surface area contributed by atoms with Crippen molar-refractivity contribution in [1.82, 2.24) is 0 Å². The zero-order valence-electron chi connectivity index (χ0n) is 13.7. The van der Waals surface area contributed by atoms with Crippen molar-refractivity contribution in [2.45, 2.75) is 19.4 Å². The summed E-state index contributed by atoms with van der Waals surface area (Å²) < 4.78 is 0. The molecule has 0 N–H and O–H groups in total. The number of benzene rings is 2. The molecule has 0 aliphatic carbocycles. The van der Waals surface area contributed by atoms with Gasteiger partial charge in [-0.15, -0.1) is 6.17 Å². The van der Waals surface area contributed by atoms with Crippen LogP contribution in [-0.4, -0.2) is 18.2 Å². The van der Waals surface area contributed by atoms with Gasteiger partial charge in [-0.1, -0.05) is 78.6 Å². The largest absolute Gasteiger partial charge is 0.628 e. The first-order chi connectivity index (χ1) is 12.1. The van der Waals surface area contributed by atoms with Crippen LogP contribution in [0.1, 0.15) is 24.2 Å². The minimum Gasteiger partial charge on any atom is -0.628 e. The summed E-state index contributed by atoms with van der Waals surface area (Å²) in [6, 6.07) is 19.1. The van der Waals surface area contributed by atoms with Crippen LogP contribution in [0.3, 0.4) is 0 Å². The number of rotatable bonds is 5. The normalized spacial score (nSPS) is 19.5. The lowest BCUT2D eigenvalue weighted by Gasteiger charge is -2.49. The Hall–Kier alpha value is -2.96. The van der Waals surface area contributed by atoms with Crippen LogP contribution in [0.4, 0.5) is 0 Å². The average molecular weight is 335 g/mol. The van der Waals surface area contributed by atoms with Gasteiger partial charge >= 0.3 is 5.97 Å². The highest BCUT2D eigenvalue weighted by Crippen LogP contribution is 2.35. The van der Waals surface area contributed by atoms with Crippen molar-refractivity contribution in [3.63, 3.8) is 0 Å². The molecule has 25 heavy (non-hydrogen) atoms. The number of aliphatic imine (C=N–C) groups is 1. The molecule has 2 atom stereocenters. The number of carbonyl (C=O) groups excluding carboxylic acids is 1. The van der Waals surface area contributed by atoms with Gasteiger partial charge in [-0.25, -0.2) is 9.68 Å². The standard InChI is InChI=1S/C19H17N3O3/c1-13(2)18(23)24-25-19-21-16(14-9-5-3-6-10-14)20-17(22-19)15-11-7-4-8-12-15/h3-12,16,19H,1H2,2H3/q-2. The van der Waals surface area contributed by atoms with Crippen LogP contribution < -0.4 is 0 Å². The van der Waals surface area contributed by atoms with Gasteiger partial charge in [0.1, 0.15) is 0 Å². The average Bonchev–Trinajstić information content (AvgIpc) is 2.67. The van der Waals surface area contributed by atoms with Gasteiger partial charge in [0, 0.05) is 11.9 Å². The van der Waals surface area contributed by atoms with Crippen molar-refractivity contribution in [3.05, 3.63) is 94.6 Å². The monoisotopic (exact) mass is 335 g/mol. The molecule has 0 amide bonds. The molecule has 6 heteroatoms. The van der Waals surface area contributed by atoms with Crippen molar-refractivity contribution < 1.29 is 14.6 Å². The van der Waals surface area contributed by atoms with Crippen LogP contribution in [0.5, 0.6) is 0 Å². The maximum atomic E-state index is 11.5. The highest BCUT2D eigenvalue weighted by molar-refractivity contribution is 6.09. The van der Waals surface area contributed by atoms with Crippen LogP contribution >= 0.6 is 0 Å². The van der Waals surface area contributed by atoms with Crippen LogP contribution in [-0.2, 0) is 14.6 Å². The summed E-state index contributed by atoms with van der Waals surface area (Å²) in [4.78, 5) is 25.9. The highest BCUT2D eigenvalue weighted by atomic mass is 17.2. The van der Waals surface area contributed by atoms with E-state index in [4.69, 9.17) is 9.78 Å². The summed E-state index contributed by atoms with van der Waals surface area (Å²) >= 11 is 0. The van der Waals surface area contributed by atoms with Crippen LogP contribution in [0.15, 0.2) is 77.8 Å². The van der Waals surface area contributed by atoms with E-state index in [-0.39, 0.29) is 5.57 Å². The van der Waals surface area contributed by atoms with Gasteiger partial charge < -0.3 is 15.6 Å². The molecule has 2 aromatic rings. The summed E-state index contributed by atoms with van der Waals surface area (Å²) in [6.45, 7) is 5.04. The van der Waals surface area contributed by atoms with Gasteiger partial charge in [-0.3, -0.25) is 4.89 Å². The minimum atomic E-state index is -0.999. The molecule has 0 saturated heterocycles. The molecule has 0 spiro atoms. The highest BCUT2D eigenvalue weighted by Gasteiger charge is 2.11. The van der Waals surface area contributed by atoms with Crippen LogP contribution in [0.2, 0.25) is 0 Å². The van der Waals surface area contributed by atoms with Gasteiger partial charge in [0.05, 0.1) is 0 Å². The molecule has 0 saturated carbocycles. The molecule has 0 bridgehead atoms. The van der Waals surface area contributed by atoms with E-state index in [1.807, 2.05) is 60.7 Å². The van der Waals surface area contributed by atoms with E-state index >= 15 is 0 Å². The van der Waals surface area contributed by atoms with E-state index in [1.54, 1.807) is 0 Å². The summed E-state index contributed by atoms with van der Waals surface area (Å²) in [5.74, 6) is -0.175. The van der Waals surface area contributed by atoms with Crippen molar-refractivity contribution in [1.29, 1.82) is 0 Å². The molecule has 1 heterocycles. The Labute approximate surface area is 146 Å². The number of hydrogen-bond acceptors (Lipinski definition) is 4. The third kappa shape index (κ3) is 4.32. The lowest BCUT2D eigenvalue weighted by Crippen LogP contribution is -2.24. The Morgan fingerprint density at radius 1 is 1.08 bits per heavy atom. The van der Waals surface area contributed by atoms with Crippen molar-refractivity contribution in [2.24, 2.45) is 4.99 Å². The Kier molecular flexibility index (Phi) is 5.23. The lowest BCUT2D eigenvalue weighted by molar-refractivity contribution is -0.280. The minimum absolute atomic E-state index is 0.229. The fourth-order valence-electron chi connectivity index (χ4n) is 2.17. The van der Waals surface area contributed by atoms with Crippen molar-refractivity contribution in [3.8, 4) is 0 Å². The van der Waals surface area contributed by atoms with E-state index in [0.29, 0.717) is 5.84 Å². The van der Waals surface area contributed by atoms with Crippen molar-refractivity contribution >= 4 is 11.8 Å². The first kappa shape index (κ1) is 16.9. The number of carbonyl (C=O) groups is 1. The predicted molar refractivity (Wildman–Crippen MR) is 94.7 cm³/mol. The summed E-state index contributed by atoms with van der Waals surface area (Å²) in [5, 5.41) is 8.69. The molecule has 0 radical (unpaired) electrons. The third-order valence-electron chi connectivity index (χ3n) is 3.43. The molecule has 2 unspecified atom stereocenters. The summed E-state index contributed by atoms with van der Waals surface area (Å²) in [6.07, 6.45) is -1.50. The number of nitrogens with zero attached hydrogens (tertiary/aromatic N) is 3. The second-order valence-corrected chi connectivity index (χ2v) is 5.45. The quantitative estimate of drug-likeness (QED) is 0.466. The molecule has 6 nitrogen and oxygen atoms in total. The third-order valence-corrected chi connectivity index (χ3v) is 3.43. The maximum Gasteiger partial charge on any atom is 0.368 e. The lowest BCUT2D eigenvalue weighted by atomic mass is 10.1. The molecule has 1 aliphatic heterocycles. The predicted octanol–water partition coefficient (Wildman–Crippen LogP) is 4.23. The van der Waals surface area contributed by atoms with E-state index in [0.717, 1.165) is 11.1 Å². The van der Waals surface area contributed by atoms with Crippen LogP contribution in [0, 0.1) is 0 Å².